The van der Waals surface area contributed by atoms with Crippen molar-refractivity contribution in [2.24, 2.45) is 17.3 Å². The summed E-state index contributed by atoms with van der Waals surface area (Å²) >= 11 is 0. The number of carbonyl (C=O) groups is 2. The number of carbonyl (C=O) groups excluding carboxylic acids is 1. The van der Waals surface area contributed by atoms with E-state index in [-0.39, 0.29) is 5.91 Å². The van der Waals surface area contributed by atoms with Crippen LogP contribution in [0, 0.1) is 17.3 Å². The third kappa shape index (κ3) is 2.64. The van der Waals surface area contributed by atoms with Gasteiger partial charge in [0, 0.05) is 12.2 Å². The van der Waals surface area contributed by atoms with Gasteiger partial charge in [0.05, 0.1) is 23.8 Å². The summed E-state index contributed by atoms with van der Waals surface area (Å²) in [6, 6.07) is 5.07. The lowest BCUT2D eigenvalue weighted by Crippen LogP contribution is -2.27. The SMILES string of the molecule is CC1(C)[C@H](C(=O)O)[C@@H]1C(=O)Nc1ccc2c(c1)CCN2S(C)(=O)=O. The summed E-state index contributed by atoms with van der Waals surface area (Å²) in [5.41, 5.74) is 1.48. The Morgan fingerprint density at radius 1 is 1.29 bits per heavy atom. The Balaban J connectivity index is 1.77. The fraction of sp³-hybridized carbons (Fsp3) is 0.500. The third-order valence-corrected chi connectivity index (χ3v) is 6.16. The van der Waals surface area contributed by atoms with Gasteiger partial charge in [-0.1, -0.05) is 13.8 Å². The molecular weight excluding hydrogens is 332 g/mol. The molecule has 1 aliphatic carbocycles. The molecule has 0 aromatic heterocycles. The summed E-state index contributed by atoms with van der Waals surface area (Å²) < 4.78 is 24.8. The normalized spacial score (nSPS) is 24.4. The second-order valence-corrected chi connectivity index (χ2v) is 8.94. The molecule has 2 atom stereocenters. The molecule has 1 saturated carbocycles. The molecule has 130 valence electrons. The molecule has 1 aliphatic heterocycles. The number of amides is 1. The molecule has 0 saturated heterocycles. The van der Waals surface area contributed by atoms with Crippen LogP contribution in [0.25, 0.3) is 0 Å². The Kier molecular flexibility index (Phi) is 3.63. The van der Waals surface area contributed by atoms with Crippen molar-refractivity contribution in [2.45, 2.75) is 20.3 Å². The third-order valence-electron chi connectivity index (χ3n) is 4.98. The van der Waals surface area contributed by atoms with Crippen LogP contribution in [0.2, 0.25) is 0 Å². The number of nitrogens with zero attached hydrogens (tertiary/aromatic N) is 1. The van der Waals surface area contributed by atoms with Crippen molar-refractivity contribution in [3.8, 4) is 0 Å². The zero-order chi connectivity index (χ0) is 17.9. The van der Waals surface area contributed by atoms with Gasteiger partial charge < -0.3 is 10.4 Å². The van der Waals surface area contributed by atoms with Gasteiger partial charge in [0.15, 0.2) is 0 Å². The van der Waals surface area contributed by atoms with Gasteiger partial charge in [-0.15, -0.1) is 0 Å². The molecule has 0 bridgehead atoms. The second kappa shape index (κ2) is 5.20. The Labute approximate surface area is 140 Å². The van der Waals surface area contributed by atoms with E-state index in [9.17, 15) is 18.0 Å². The molecule has 0 spiro atoms. The monoisotopic (exact) mass is 352 g/mol. The topological polar surface area (TPSA) is 104 Å². The summed E-state index contributed by atoms with van der Waals surface area (Å²) in [7, 11) is -3.31. The average Bonchev–Trinajstić information content (AvgIpc) is 2.82. The van der Waals surface area contributed by atoms with Crippen molar-refractivity contribution in [3.05, 3.63) is 23.8 Å². The number of aliphatic carboxylic acids is 1. The smallest absolute Gasteiger partial charge is 0.307 e. The highest BCUT2D eigenvalue weighted by Crippen LogP contribution is 2.58. The fourth-order valence-corrected chi connectivity index (χ4v) is 4.56. The van der Waals surface area contributed by atoms with Crippen molar-refractivity contribution in [2.75, 3.05) is 22.4 Å². The molecule has 3 rings (SSSR count). The maximum absolute atomic E-state index is 12.3. The van der Waals surface area contributed by atoms with Crippen LogP contribution < -0.4 is 9.62 Å². The molecule has 8 heteroatoms. The zero-order valence-electron chi connectivity index (χ0n) is 13.7. The minimum absolute atomic E-state index is 0.315. The first-order chi connectivity index (χ1) is 11.0. The molecule has 1 aromatic carbocycles. The van der Waals surface area contributed by atoms with Crippen molar-refractivity contribution >= 4 is 33.3 Å². The van der Waals surface area contributed by atoms with Crippen molar-refractivity contribution in [3.63, 3.8) is 0 Å². The van der Waals surface area contributed by atoms with E-state index >= 15 is 0 Å². The molecular formula is C16H20N2O5S. The molecule has 7 nitrogen and oxygen atoms in total. The van der Waals surface area contributed by atoms with Crippen LogP contribution in [0.15, 0.2) is 18.2 Å². The van der Waals surface area contributed by atoms with Gasteiger partial charge in [-0.3, -0.25) is 13.9 Å². The zero-order valence-corrected chi connectivity index (χ0v) is 14.6. The van der Waals surface area contributed by atoms with Crippen molar-refractivity contribution in [1.82, 2.24) is 0 Å². The maximum Gasteiger partial charge on any atom is 0.307 e. The van der Waals surface area contributed by atoms with Gasteiger partial charge in [0.1, 0.15) is 0 Å². The van der Waals surface area contributed by atoms with E-state index in [1.807, 2.05) is 0 Å². The van der Waals surface area contributed by atoms with E-state index in [0.717, 1.165) is 5.56 Å². The Morgan fingerprint density at radius 2 is 1.96 bits per heavy atom. The number of carboxylic acid groups (broad SMARTS) is 1. The molecule has 24 heavy (non-hydrogen) atoms. The fourth-order valence-electron chi connectivity index (χ4n) is 3.60. The van der Waals surface area contributed by atoms with Gasteiger partial charge in [-0.05, 0) is 35.6 Å². The van der Waals surface area contributed by atoms with Crippen molar-refractivity contribution in [1.29, 1.82) is 0 Å². The minimum atomic E-state index is -3.31. The molecule has 1 fully saturated rings. The summed E-state index contributed by atoms with van der Waals surface area (Å²) in [6.45, 7) is 3.92. The van der Waals surface area contributed by atoms with Gasteiger partial charge in [-0.25, -0.2) is 8.42 Å². The number of carboxylic acids is 1. The number of hydrogen-bond acceptors (Lipinski definition) is 4. The van der Waals surface area contributed by atoms with Crippen LogP contribution in [-0.2, 0) is 26.0 Å². The van der Waals surface area contributed by atoms with Crippen LogP contribution >= 0.6 is 0 Å². The first-order valence-electron chi connectivity index (χ1n) is 7.68. The Bertz CT molecular complexity index is 831. The average molecular weight is 352 g/mol. The second-order valence-electron chi connectivity index (χ2n) is 7.03. The molecule has 1 heterocycles. The molecule has 2 N–H and O–H groups in total. The minimum Gasteiger partial charge on any atom is -0.481 e. The van der Waals surface area contributed by atoms with Gasteiger partial charge in [0.25, 0.3) is 0 Å². The van der Waals surface area contributed by atoms with Crippen LogP contribution in [0.1, 0.15) is 19.4 Å². The summed E-state index contributed by atoms with van der Waals surface area (Å²) in [5, 5.41) is 11.9. The highest BCUT2D eigenvalue weighted by Gasteiger charge is 2.65. The number of benzene rings is 1. The van der Waals surface area contributed by atoms with Crippen LogP contribution in [-0.4, -0.2) is 38.2 Å². The predicted molar refractivity (Wildman–Crippen MR) is 89.4 cm³/mol. The van der Waals surface area contributed by atoms with Crippen LogP contribution in [0.4, 0.5) is 11.4 Å². The molecule has 0 unspecified atom stereocenters. The molecule has 1 amide bonds. The molecule has 2 aliphatic rings. The number of nitrogens with one attached hydrogen (secondary N) is 1. The van der Waals surface area contributed by atoms with Crippen molar-refractivity contribution < 1.29 is 23.1 Å². The lowest BCUT2D eigenvalue weighted by atomic mass is 10.1. The Morgan fingerprint density at radius 3 is 2.50 bits per heavy atom. The lowest BCUT2D eigenvalue weighted by molar-refractivity contribution is -0.140. The van der Waals surface area contributed by atoms with E-state index in [0.29, 0.717) is 24.3 Å². The van der Waals surface area contributed by atoms with Gasteiger partial charge in [-0.2, -0.15) is 0 Å². The van der Waals surface area contributed by atoms with Gasteiger partial charge in [0.2, 0.25) is 15.9 Å². The van der Waals surface area contributed by atoms with Gasteiger partial charge >= 0.3 is 5.97 Å². The number of rotatable bonds is 4. The van der Waals surface area contributed by atoms with E-state index in [1.165, 1.54) is 10.6 Å². The quantitative estimate of drug-likeness (QED) is 0.850. The van der Waals surface area contributed by atoms with Crippen LogP contribution in [0.5, 0.6) is 0 Å². The van der Waals surface area contributed by atoms with E-state index in [2.05, 4.69) is 5.32 Å². The number of sulfonamides is 1. The first kappa shape index (κ1) is 16.8. The summed E-state index contributed by atoms with van der Waals surface area (Å²) in [5.74, 6) is -2.51. The maximum atomic E-state index is 12.3. The predicted octanol–water partition coefficient (Wildman–Crippen LogP) is 1.30. The summed E-state index contributed by atoms with van der Waals surface area (Å²) in [6.07, 6.45) is 1.75. The van der Waals surface area contributed by atoms with E-state index < -0.39 is 33.2 Å². The Hall–Kier alpha value is -2.09. The van der Waals surface area contributed by atoms with E-state index in [1.54, 1.807) is 32.0 Å². The lowest BCUT2D eigenvalue weighted by Gasteiger charge is -2.16. The largest absolute Gasteiger partial charge is 0.481 e. The standard InChI is InChI=1S/C16H20N2O5S/c1-16(2)12(13(16)15(20)21)14(19)17-10-4-5-11-9(8-10)6-7-18(11)24(3,22)23/h4-5,8,12-13H,6-7H2,1-3H3,(H,17,19)(H,20,21)/t12-,13+/m1/s1. The number of anilines is 2. The first-order valence-corrected chi connectivity index (χ1v) is 9.52. The molecule has 1 aromatic rings. The highest BCUT2D eigenvalue weighted by atomic mass is 32.2. The van der Waals surface area contributed by atoms with E-state index in [4.69, 9.17) is 5.11 Å². The summed E-state index contributed by atoms with van der Waals surface area (Å²) in [4.78, 5) is 23.5. The molecule has 0 radical (unpaired) electrons. The number of hydrogen-bond donors (Lipinski definition) is 2. The highest BCUT2D eigenvalue weighted by molar-refractivity contribution is 7.92. The van der Waals surface area contributed by atoms with Crippen LogP contribution in [0.3, 0.4) is 0 Å². The number of fused-ring (bicyclic) bond motifs is 1.